The molecule has 0 radical (unpaired) electrons. The van der Waals surface area contributed by atoms with E-state index in [9.17, 15) is 9.59 Å². The highest BCUT2D eigenvalue weighted by atomic mass is 127. The summed E-state index contributed by atoms with van der Waals surface area (Å²) in [5.74, 6) is -1.21. The third-order valence-electron chi connectivity index (χ3n) is 2.20. The summed E-state index contributed by atoms with van der Waals surface area (Å²) in [5, 5.41) is 22.6. The summed E-state index contributed by atoms with van der Waals surface area (Å²) in [7, 11) is 0. The number of anilines is 1. The molecule has 0 saturated carbocycles. The summed E-state index contributed by atoms with van der Waals surface area (Å²) in [6.45, 7) is -0.332. The van der Waals surface area contributed by atoms with Crippen LogP contribution in [0.3, 0.4) is 0 Å². The molecule has 0 aliphatic heterocycles. The number of rotatable bonds is 5. The van der Waals surface area contributed by atoms with Gasteiger partial charge < -0.3 is 20.8 Å². The van der Waals surface area contributed by atoms with E-state index in [4.69, 9.17) is 21.8 Å². The number of carbonyl (C=O) groups excluding carboxylic acids is 1. The number of carboxylic acids is 1. The van der Waals surface area contributed by atoms with Crippen LogP contribution in [0, 0.1) is 3.57 Å². The van der Waals surface area contributed by atoms with Crippen molar-refractivity contribution in [3.63, 3.8) is 0 Å². The van der Waals surface area contributed by atoms with E-state index in [0.717, 1.165) is 3.57 Å². The van der Waals surface area contributed by atoms with Crippen molar-refractivity contribution >= 4 is 51.9 Å². The van der Waals surface area contributed by atoms with Gasteiger partial charge in [-0.2, -0.15) is 0 Å². The molecule has 4 N–H and O–H groups in total. The molecule has 0 bridgehead atoms. The first kappa shape index (κ1) is 16.0. The zero-order chi connectivity index (χ0) is 14.4. The molecule has 1 aromatic carbocycles. The molecule has 1 rings (SSSR count). The van der Waals surface area contributed by atoms with Crippen molar-refractivity contribution in [2.24, 2.45) is 0 Å². The van der Waals surface area contributed by atoms with E-state index in [-0.39, 0.29) is 13.0 Å². The number of hydrogen-bond acceptors (Lipinski definition) is 3. The average Bonchev–Trinajstić information content (AvgIpc) is 2.32. The van der Waals surface area contributed by atoms with Gasteiger partial charge in [-0.25, -0.2) is 9.59 Å². The third kappa shape index (κ3) is 5.21. The van der Waals surface area contributed by atoms with E-state index >= 15 is 0 Å². The van der Waals surface area contributed by atoms with E-state index in [1.54, 1.807) is 18.2 Å². The van der Waals surface area contributed by atoms with Gasteiger partial charge in [0.1, 0.15) is 6.04 Å². The maximum absolute atomic E-state index is 11.6. The molecule has 8 heteroatoms. The van der Waals surface area contributed by atoms with Gasteiger partial charge in [0.2, 0.25) is 0 Å². The summed E-state index contributed by atoms with van der Waals surface area (Å²) < 4.78 is 0.914. The number of aliphatic hydroxyl groups is 1. The van der Waals surface area contributed by atoms with Gasteiger partial charge in [-0.15, -0.1) is 0 Å². The fraction of sp³-hybridized carbons (Fsp3) is 0.273. The van der Waals surface area contributed by atoms with Crippen LogP contribution in [0.2, 0.25) is 5.02 Å². The highest BCUT2D eigenvalue weighted by Crippen LogP contribution is 2.23. The Morgan fingerprint density at radius 1 is 1.42 bits per heavy atom. The van der Waals surface area contributed by atoms with Crippen molar-refractivity contribution in [1.82, 2.24) is 5.32 Å². The molecule has 19 heavy (non-hydrogen) atoms. The molecule has 0 heterocycles. The summed E-state index contributed by atoms with van der Waals surface area (Å²) in [4.78, 5) is 22.4. The lowest BCUT2D eigenvalue weighted by atomic mass is 10.2. The van der Waals surface area contributed by atoms with Crippen LogP contribution >= 0.6 is 34.2 Å². The molecular weight excluding hydrogens is 386 g/mol. The second kappa shape index (κ2) is 7.51. The summed E-state index contributed by atoms with van der Waals surface area (Å²) >= 11 is 8.01. The zero-order valence-corrected chi connectivity index (χ0v) is 12.6. The van der Waals surface area contributed by atoms with Gasteiger partial charge in [0.25, 0.3) is 0 Å². The monoisotopic (exact) mass is 398 g/mol. The van der Waals surface area contributed by atoms with Gasteiger partial charge in [-0.05, 0) is 40.8 Å². The Morgan fingerprint density at radius 3 is 2.63 bits per heavy atom. The number of benzene rings is 1. The topological polar surface area (TPSA) is 98.7 Å². The molecule has 104 valence electrons. The number of aliphatic hydroxyl groups excluding tert-OH is 1. The molecule has 1 aromatic rings. The minimum absolute atomic E-state index is 0.0663. The lowest BCUT2D eigenvalue weighted by molar-refractivity contribution is -0.139. The second-order valence-electron chi connectivity index (χ2n) is 3.63. The van der Waals surface area contributed by atoms with Crippen LogP contribution in [-0.2, 0) is 4.79 Å². The Hall–Kier alpha value is -1.06. The molecular formula is C11H12ClIN2O4. The van der Waals surface area contributed by atoms with Gasteiger partial charge in [-0.1, -0.05) is 11.6 Å². The fourth-order valence-corrected chi connectivity index (χ4v) is 2.20. The standard InChI is InChI=1S/C11H12ClIN2O4/c12-7-5-6(13)1-2-8(7)14-11(19)15-9(3-4-16)10(17)18/h1-2,5,9,16H,3-4H2,(H,17,18)(H2,14,15,19)/t9-/m1/s1. The van der Waals surface area contributed by atoms with Crippen LogP contribution in [-0.4, -0.2) is 34.9 Å². The first-order chi connectivity index (χ1) is 8.93. The Labute approximate surface area is 128 Å². The number of nitrogens with one attached hydrogen (secondary N) is 2. The van der Waals surface area contributed by atoms with Crippen molar-refractivity contribution in [1.29, 1.82) is 0 Å². The van der Waals surface area contributed by atoms with Crippen LogP contribution in [0.5, 0.6) is 0 Å². The molecule has 1 atom stereocenters. The van der Waals surface area contributed by atoms with Crippen LogP contribution in [0.1, 0.15) is 6.42 Å². The number of carboxylic acid groups (broad SMARTS) is 1. The maximum Gasteiger partial charge on any atom is 0.326 e. The molecule has 0 unspecified atom stereocenters. The SMILES string of the molecule is O=C(Nc1ccc(I)cc1Cl)N[C@H](CCO)C(=O)O. The average molecular weight is 399 g/mol. The lowest BCUT2D eigenvalue weighted by Gasteiger charge is -2.14. The van der Waals surface area contributed by atoms with Gasteiger partial charge in [0, 0.05) is 16.6 Å². The molecule has 2 amide bonds. The molecule has 0 saturated heterocycles. The Morgan fingerprint density at radius 2 is 2.11 bits per heavy atom. The molecule has 0 aromatic heterocycles. The second-order valence-corrected chi connectivity index (χ2v) is 5.28. The molecule has 0 aliphatic carbocycles. The van der Waals surface area contributed by atoms with E-state index in [1.807, 2.05) is 0 Å². The van der Waals surface area contributed by atoms with E-state index in [1.165, 1.54) is 0 Å². The van der Waals surface area contributed by atoms with Crippen LogP contribution in [0.4, 0.5) is 10.5 Å². The minimum Gasteiger partial charge on any atom is -0.480 e. The van der Waals surface area contributed by atoms with Crippen LogP contribution < -0.4 is 10.6 Å². The number of halogens is 2. The van der Waals surface area contributed by atoms with Crippen molar-refractivity contribution in [3.8, 4) is 0 Å². The van der Waals surface area contributed by atoms with E-state index in [0.29, 0.717) is 10.7 Å². The Kier molecular flexibility index (Phi) is 6.32. The molecule has 0 spiro atoms. The lowest BCUT2D eigenvalue weighted by Crippen LogP contribution is -2.43. The Bertz CT molecular complexity index is 484. The zero-order valence-electron chi connectivity index (χ0n) is 9.69. The van der Waals surface area contributed by atoms with Crippen LogP contribution in [0.15, 0.2) is 18.2 Å². The molecule has 0 fully saturated rings. The number of amides is 2. The normalized spacial score (nSPS) is 11.7. The summed E-state index contributed by atoms with van der Waals surface area (Å²) in [6.07, 6.45) is -0.0663. The summed E-state index contributed by atoms with van der Waals surface area (Å²) in [6, 6.07) is 3.20. The first-order valence-electron chi connectivity index (χ1n) is 5.30. The predicted octanol–water partition coefficient (Wildman–Crippen LogP) is 1.90. The number of aliphatic carboxylic acids is 1. The maximum atomic E-state index is 11.6. The molecule has 6 nitrogen and oxygen atoms in total. The highest BCUT2D eigenvalue weighted by Gasteiger charge is 2.19. The largest absolute Gasteiger partial charge is 0.480 e. The van der Waals surface area contributed by atoms with Gasteiger partial charge in [-0.3, -0.25) is 0 Å². The highest BCUT2D eigenvalue weighted by molar-refractivity contribution is 14.1. The van der Waals surface area contributed by atoms with Crippen molar-refractivity contribution in [2.45, 2.75) is 12.5 Å². The van der Waals surface area contributed by atoms with Gasteiger partial charge in [0.15, 0.2) is 0 Å². The van der Waals surface area contributed by atoms with Gasteiger partial charge >= 0.3 is 12.0 Å². The number of hydrogen-bond donors (Lipinski definition) is 4. The minimum atomic E-state index is -1.21. The van der Waals surface area contributed by atoms with E-state index < -0.39 is 18.0 Å². The molecule has 0 aliphatic rings. The number of urea groups is 1. The third-order valence-corrected chi connectivity index (χ3v) is 3.18. The summed E-state index contributed by atoms with van der Waals surface area (Å²) in [5.41, 5.74) is 0.382. The first-order valence-corrected chi connectivity index (χ1v) is 6.76. The predicted molar refractivity (Wildman–Crippen MR) is 79.5 cm³/mol. The van der Waals surface area contributed by atoms with Crippen molar-refractivity contribution in [2.75, 3.05) is 11.9 Å². The van der Waals surface area contributed by atoms with Gasteiger partial charge in [0.05, 0.1) is 10.7 Å². The van der Waals surface area contributed by atoms with Crippen molar-refractivity contribution in [3.05, 3.63) is 26.8 Å². The Balaban J connectivity index is 2.66. The van der Waals surface area contributed by atoms with E-state index in [2.05, 4.69) is 33.2 Å². The van der Waals surface area contributed by atoms with Crippen LogP contribution in [0.25, 0.3) is 0 Å². The smallest absolute Gasteiger partial charge is 0.326 e. The van der Waals surface area contributed by atoms with Crippen molar-refractivity contribution < 1.29 is 19.8 Å². The fourth-order valence-electron chi connectivity index (χ4n) is 1.29. The number of carbonyl (C=O) groups is 2. The quantitative estimate of drug-likeness (QED) is 0.569.